The summed E-state index contributed by atoms with van der Waals surface area (Å²) < 4.78 is 26.8. The smallest absolute Gasteiger partial charge is 0.240 e. The van der Waals surface area contributed by atoms with E-state index in [0.717, 1.165) is 24.8 Å². The molecule has 0 unspecified atom stereocenters. The van der Waals surface area contributed by atoms with Crippen LogP contribution in [-0.2, 0) is 16.4 Å². The summed E-state index contributed by atoms with van der Waals surface area (Å²) >= 11 is 0. The molecule has 4 nitrogen and oxygen atoms in total. The average Bonchev–Trinajstić information content (AvgIpc) is 2.35. The molecule has 19 heavy (non-hydrogen) atoms. The van der Waals surface area contributed by atoms with E-state index >= 15 is 0 Å². The van der Waals surface area contributed by atoms with Gasteiger partial charge in [0.05, 0.1) is 4.90 Å². The summed E-state index contributed by atoms with van der Waals surface area (Å²) in [4.78, 5) is 0.319. The van der Waals surface area contributed by atoms with Crippen LogP contribution >= 0.6 is 0 Å². The Labute approximate surface area is 114 Å². The third kappa shape index (κ3) is 4.03. The summed E-state index contributed by atoms with van der Waals surface area (Å²) in [5, 5.41) is 8.76. The second kappa shape index (κ2) is 6.50. The Bertz CT molecular complexity index is 492. The molecule has 0 heterocycles. The van der Waals surface area contributed by atoms with Crippen molar-refractivity contribution >= 4 is 10.0 Å². The molecule has 1 aromatic carbocycles. The van der Waals surface area contributed by atoms with Gasteiger partial charge in [0.15, 0.2) is 0 Å². The third-order valence-electron chi connectivity index (χ3n) is 3.64. The lowest BCUT2D eigenvalue weighted by Crippen LogP contribution is -2.32. The minimum Gasteiger partial charge on any atom is -0.396 e. The number of hydrogen-bond donors (Lipinski definition) is 2. The van der Waals surface area contributed by atoms with E-state index in [4.69, 9.17) is 5.11 Å². The van der Waals surface area contributed by atoms with Crippen LogP contribution in [-0.4, -0.2) is 26.7 Å². The molecule has 1 fully saturated rings. The molecule has 2 rings (SSSR count). The van der Waals surface area contributed by atoms with Gasteiger partial charge in [-0.25, -0.2) is 13.1 Å². The van der Waals surface area contributed by atoms with Crippen molar-refractivity contribution in [3.05, 3.63) is 29.8 Å². The molecule has 2 N–H and O–H groups in total. The largest absolute Gasteiger partial charge is 0.396 e. The zero-order chi connectivity index (χ0) is 13.7. The Morgan fingerprint density at radius 1 is 1.21 bits per heavy atom. The summed E-state index contributed by atoms with van der Waals surface area (Å²) in [6.45, 7) is 0.706. The van der Waals surface area contributed by atoms with Crippen molar-refractivity contribution in [1.29, 1.82) is 0 Å². The van der Waals surface area contributed by atoms with Crippen molar-refractivity contribution in [2.75, 3.05) is 13.2 Å². The lowest BCUT2D eigenvalue weighted by Gasteiger charge is -2.25. The molecule has 1 aromatic rings. The quantitative estimate of drug-likeness (QED) is 0.800. The molecule has 1 saturated carbocycles. The van der Waals surface area contributed by atoms with E-state index in [-0.39, 0.29) is 6.61 Å². The first-order chi connectivity index (χ1) is 9.12. The van der Waals surface area contributed by atoms with E-state index in [2.05, 4.69) is 4.72 Å². The van der Waals surface area contributed by atoms with E-state index in [0.29, 0.717) is 23.8 Å². The molecular weight excluding hydrogens is 262 g/mol. The topological polar surface area (TPSA) is 66.4 Å². The standard InChI is InChI=1S/C14H21NO3S/c16-10-2-5-12-6-8-14(9-7-12)19(17,18)15-11-13-3-1-4-13/h6-9,13,15-16H,1-5,10-11H2. The molecule has 0 radical (unpaired) electrons. The number of aliphatic hydroxyl groups is 1. The van der Waals surface area contributed by atoms with Crippen LogP contribution in [0.15, 0.2) is 29.2 Å². The zero-order valence-electron chi connectivity index (χ0n) is 11.0. The summed E-state index contributed by atoms with van der Waals surface area (Å²) in [6, 6.07) is 6.90. The zero-order valence-corrected chi connectivity index (χ0v) is 11.8. The molecule has 0 atom stereocenters. The normalized spacial score (nSPS) is 16.3. The lowest BCUT2D eigenvalue weighted by molar-refractivity contribution is 0.288. The highest BCUT2D eigenvalue weighted by Gasteiger charge is 2.21. The van der Waals surface area contributed by atoms with Crippen LogP contribution in [0.1, 0.15) is 31.2 Å². The maximum atomic E-state index is 12.1. The van der Waals surface area contributed by atoms with E-state index in [1.165, 1.54) is 6.42 Å². The molecule has 1 aliphatic rings. The molecule has 0 aromatic heterocycles. The van der Waals surface area contributed by atoms with Crippen LogP contribution in [0, 0.1) is 5.92 Å². The van der Waals surface area contributed by atoms with Crippen LogP contribution in [0.2, 0.25) is 0 Å². The monoisotopic (exact) mass is 283 g/mol. The first kappa shape index (κ1) is 14.5. The number of aliphatic hydroxyl groups excluding tert-OH is 1. The first-order valence-corrected chi connectivity index (χ1v) is 8.29. The van der Waals surface area contributed by atoms with Crippen molar-refractivity contribution in [1.82, 2.24) is 4.72 Å². The molecule has 0 aliphatic heterocycles. The van der Waals surface area contributed by atoms with Crippen LogP contribution in [0.4, 0.5) is 0 Å². The van der Waals surface area contributed by atoms with Crippen LogP contribution in [0.5, 0.6) is 0 Å². The Balaban J connectivity index is 1.94. The van der Waals surface area contributed by atoms with Crippen molar-refractivity contribution < 1.29 is 13.5 Å². The van der Waals surface area contributed by atoms with Gasteiger partial charge in [-0.05, 0) is 49.3 Å². The highest BCUT2D eigenvalue weighted by atomic mass is 32.2. The van der Waals surface area contributed by atoms with Crippen molar-refractivity contribution in [2.45, 2.75) is 37.0 Å². The van der Waals surface area contributed by atoms with Gasteiger partial charge in [-0.3, -0.25) is 0 Å². The molecule has 5 heteroatoms. The van der Waals surface area contributed by atoms with Gasteiger partial charge in [-0.15, -0.1) is 0 Å². The second-order valence-electron chi connectivity index (χ2n) is 5.12. The number of benzene rings is 1. The van der Waals surface area contributed by atoms with E-state index in [1.807, 2.05) is 12.1 Å². The molecule has 0 spiro atoms. The fourth-order valence-corrected chi connectivity index (χ4v) is 3.24. The SMILES string of the molecule is O=S(=O)(NCC1CCC1)c1ccc(CCCO)cc1. The number of hydrogen-bond acceptors (Lipinski definition) is 3. The average molecular weight is 283 g/mol. The lowest BCUT2D eigenvalue weighted by atomic mass is 9.86. The Morgan fingerprint density at radius 2 is 1.89 bits per heavy atom. The summed E-state index contributed by atoms with van der Waals surface area (Å²) in [5.41, 5.74) is 1.05. The summed E-state index contributed by atoms with van der Waals surface area (Å²) in [7, 11) is -3.37. The van der Waals surface area contributed by atoms with Gasteiger partial charge >= 0.3 is 0 Å². The molecule has 0 bridgehead atoms. The van der Waals surface area contributed by atoms with Gasteiger partial charge in [-0.2, -0.15) is 0 Å². The van der Waals surface area contributed by atoms with Crippen LogP contribution in [0.3, 0.4) is 0 Å². The van der Waals surface area contributed by atoms with Gasteiger partial charge in [0.25, 0.3) is 0 Å². The number of nitrogens with one attached hydrogen (secondary N) is 1. The van der Waals surface area contributed by atoms with E-state index < -0.39 is 10.0 Å². The maximum Gasteiger partial charge on any atom is 0.240 e. The van der Waals surface area contributed by atoms with Crippen LogP contribution in [0.25, 0.3) is 0 Å². The van der Waals surface area contributed by atoms with Crippen molar-refractivity contribution in [3.63, 3.8) is 0 Å². The van der Waals surface area contributed by atoms with Gasteiger partial charge in [-0.1, -0.05) is 18.6 Å². The van der Waals surface area contributed by atoms with E-state index in [1.54, 1.807) is 12.1 Å². The maximum absolute atomic E-state index is 12.1. The number of aryl methyl sites for hydroxylation is 1. The predicted octanol–water partition coefficient (Wildman–Crippen LogP) is 1.69. The molecule has 0 saturated heterocycles. The van der Waals surface area contributed by atoms with Crippen molar-refractivity contribution in [2.24, 2.45) is 5.92 Å². The summed E-state index contributed by atoms with van der Waals surface area (Å²) in [6.07, 6.45) is 4.94. The highest BCUT2D eigenvalue weighted by molar-refractivity contribution is 7.89. The third-order valence-corrected chi connectivity index (χ3v) is 5.08. The molecular formula is C14H21NO3S. The highest BCUT2D eigenvalue weighted by Crippen LogP contribution is 2.25. The minimum atomic E-state index is -3.37. The van der Waals surface area contributed by atoms with Gasteiger partial charge < -0.3 is 5.11 Å². The predicted molar refractivity (Wildman–Crippen MR) is 74.4 cm³/mol. The minimum absolute atomic E-state index is 0.156. The van der Waals surface area contributed by atoms with Crippen LogP contribution < -0.4 is 4.72 Å². The Kier molecular flexibility index (Phi) is 4.96. The Hall–Kier alpha value is -0.910. The Morgan fingerprint density at radius 3 is 2.42 bits per heavy atom. The van der Waals surface area contributed by atoms with Crippen molar-refractivity contribution in [3.8, 4) is 0 Å². The molecule has 1 aliphatic carbocycles. The summed E-state index contributed by atoms with van der Waals surface area (Å²) in [5.74, 6) is 0.513. The fourth-order valence-electron chi connectivity index (χ4n) is 2.13. The van der Waals surface area contributed by atoms with Gasteiger partial charge in [0, 0.05) is 13.2 Å². The first-order valence-electron chi connectivity index (χ1n) is 6.81. The van der Waals surface area contributed by atoms with Gasteiger partial charge in [0.2, 0.25) is 10.0 Å². The second-order valence-corrected chi connectivity index (χ2v) is 6.89. The fraction of sp³-hybridized carbons (Fsp3) is 0.571. The molecule has 106 valence electrons. The van der Waals surface area contributed by atoms with E-state index in [9.17, 15) is 8.42 Å². The molecule has 0 amide bonds. The number of rotatable bonds is 7. The van der Waals surface area contributed by atoms with Gasteiger partial charge in [0.1, 0.15) is 0 Å². The number of sulfonamides is 1.